The number of hydrogen-bond acceptors (Lipinski definition) is 3. The van der Waals surface area contributed by atoms with Gasteiger partial charge in [0.1, 0.15) is 0 Å². The molecule has 0 spiro atoms. The number of amides is 1. The summed E-state index contributed by atoms with van der Waals surface area (Å²) >= 11 is 0. The van der Waals surface area contributed by atoms with Crippen molar-refractivity contribution < 1.29 is 14.3 Å². The first-order valence-electron chi connectivity index (χ1n) is 4.21. The van der Waals surface area contributed by atoms with Crippen LogP contribution in [-0.2, 0) is 14.3 Å². The highest BCUT2D eigenvalue weighted by molar-refractivity contribution is 5.77. The van der Waals surface area contributed by atoms with E-state index in [0.717, 1.165) is 6.42 Å². The van der Waals surface area contributed by atoms with Gasteiger partial charge in [-0.3, -0.25) is 9.59 Å². The van der Waals surface area contributed by atoms with Crippen molar-refractivity contribution in [2.24, 2.45) is 0 Å². The number of esters is 1. The number of carbonyl (C=O) groups excluding carboxylic acids is 2. The van der Waals surface area contributed by atoms with Gasteiger partial charge in [0, 0.05) is 12.8 Å². The molecule has 4 heteroatoms. The van der Waals surface area contributed by atoms with E-state index in [4.69, 9.17) is 4.74 Å². The van der Waals surface area contributed by atoms with E-state index in [2.05, 4.69) is 5.32 Å². The van der Waals surface area contributed by atoms with Crippen molar-refractivity contribution in [3.05, 3.63) is 0 Å². The minimum atomic E-state index is -0.378. The van der Waals surface area contributed by atoms with Gasteiger partial charge >= 0.3 is 5.97 Å². The fourth-order valence-electron chi connectivity index (χ4n) is 1.11. The molecule has 1 aliphatic rings. The summed E-state index contributed by atoms with van der Waals surface area (Å²) in [5, 5.41) is 2.63. The molecule has 4 nitrogen and oxygen atoms in total. The van der Waals surface area contributed by atoms with Crippen molar-refractivity contribution in [1.82, 2.24) is 5.32 Å². The number of carbonyl (C=O) groups is 2. The Hall–Kier alpha value is -1.06. The minimum absolute atomic E-state index is 0.0443. The first kappa shape index (κ1) is 9.03. The Kier molecular flexibility index (Phi) is 3.08. The number of ether oxygens (including phenoxy) is 1. The van der Waals surface area contributed by atoms with Crippen LogP contribution in [0.15, 0.2) is 0 Å². The molecule has 1 aliphatic heterocycles. The van der Waals surface area contributed by atoms with E-state index in [1.54, 1.807) is 0 Å². The van der Waals surface area contributed by atoms with Gasteiger partial charge < -0.3 is 10.1 Å². The molecule has 0 saturated carbocycles. The molecule has 0 aromatic carbocycles. The highest BCUT2D eigenvalue weighted by Gasteiger charge is 2.23. The second-order valence-corrected chi connectivity index (χ2v) is 2.83. The maximum atomic E-state index is 11.0. The molecule has 12 heavy (non-hydrogen) atoms. The minimum Gasteiger partial charge on any atom is -0.442 e. The summed E-state index contributed by atoms with van der Waals surface area (Å²) in [6, 6.07) is 0. The lowest BCUT2D eigenvalue weighted by Crippen LogP contribution is -2.34. The van der Waals surface area contributed by atoms with Crippen molar-refractivity contribution in [2.75, 3.05) is 0 Å². The average Bonchev–Trinajstić information content (AvgIpc) is 2.36. The van der Waals surface area contributed by atoms with Crippen molar-refractivity contribution in [2.45, 2.75) is 38.8 Å². The topological polar surface area (TPSA) is 55.4 Å². The predicted octanol–water partition coefficient (Wildman–Crippen LogP) is 0.566. The first-order chi connectivity index (χ1) is 5.72. The van der Waals surface area contributed by atoms with Crippen LogP contribution in [0.2, 0.25) is 0 Å². The molecule has 0 aliphatic carbocycles. The molecule has 1 rings (SSSR count). The second-order valence-electron chi connectivity index (χ2n) is 2.83. The summed E-state index contributed by atoms with van der Waals surface area (Å²) in [7, 11) is 0. The van der Waals surface area contributed by atoms with E-state index < -0.39 is 0 Å². The molecule has 1 saturated heterocycles. The lowest BCUT2D eigenvalue weighted by atomic mass is 10.3. The van der Waals surface area contributed by atoms with Crippen LogP contribution in [0.1, 0.15) is 32.6 Å². The van der Waals surface area contributed by atoms with Crippen LogP contribution in [0.25, 0.3) is 0 Å². The molecule has 1 fully saturated rings. The normalized spacial score (nSPS) is 22.1. The van der Waals surface area contributed by atoms with E-state index >= 15 is 0 Å². The predicted molar refractivity (Wildman–Crippen MR) is 42.2 cm³/mol. The quantitative estimate of drug-likeness (QED) is 0.631. The van der Waals surface area contributed by atoms with Crippen molar-refractivity contribution >= 4 is 11.9 Å². The van der Waals surface area contributed by atoms with Gasteiger partial charge in [0.2, 0.25) is 5.91 Å². The van der Waals surface area contributed by atoms with Crippen molar-refractivity contribution in [1.29, 1.82) is 0 Å². The summed E-state index contributed by atoms with van der Waals surface area (Å²) in [6.07, 6.45) is 1.95. The molecule has 0 unspecified atom stereocenters. The zero-order valence-electron chi connectivity index (χ0n) is 7.13. The lowest BCUT2D eigenvalue weighted by Gasteiger charge is -2.10. The monoisotopic (exact) mass is 171 g/mol. The third kappa shape index (κ3) is 2.53. The molecule has 1 amide bonds. The van der Waals surface area contributed by atoms with Gasteiger partial charge in [0.15, 0.2) is 6.23 Å². The van der Waals surface area contributed by atoms with Crippen molar-refractivity contribution in [3.63, 3.8) is 0 Å². The van der Waals surface area contributed by atoms with E-state index in [1.165, 1.54) is 0 Å². The maximum absolute atomic E-state index is 11.0. The van der Waals surface area contributed by atoms with Crippen LogP contribution in [0.3, 0.4) is 0 Å². The van der Waals surface area contributed by atoms with Crippen LogP contribution in [0.4, 0.5) is 0 Å². The van der Waals surface area contributed by atoms with Crippen LogP contribution < -0.4 is 5.32 Å². The third-order valence-corrected chi connectivity index (χ3v) is 1.68. The molecule has 0 aromatic rings. The number of rotatable bonds is 3. The molecule has 0 aromatic heterocycles. The van der Waals surface area contributed by atoms with E-state index in [1.807, 2.05) is 6.92 Å². The highest BCUT2D eigenvalue weighted by Crippen LogP contribution is 2.10. The lowest BCUT2D eigenvalue weighted by molar-refractivity contribution is -0.143. The van der Waals surface area contributed by atoms with Gasteiger partial charge in [0.05, 0.1) is 6.42 Å². The molecule has 0 radical (unpaired) electrons. The smallest absolute Gasteiger partial charge is 0.307 e. The Morgan fingerprint density at radius 3 is 3.00 bits per heavy atom. The van der Waals surface area contributed by atoms with Crippen LogP contribution in [0, 0.1) is 0 Å². The third-order valence-electron chi connectivity index (χ3n) is 1.68. The largest absolute Gasteiger partial charge is 0.442 e. The van der Waals surface area contributed by atoms with Gasteiger partial charge in [-0.25, -0.2) is 0 Å². The number of nitrogens with one attached hydrogen (secondary N) is 1. The first-order valence-corrected chi connectivity index (χ1v) is 4.21. The fraction of sp³-hybridized carbons (Fsp3) is 0.750. The summed E-state index contributed by atoms with van der Waals surface area (Å²) in [6.45, 7) is 1.93. The number of cyclic esters (lactones) is 1. The maximum Gasteiger partial charge on any atom is 0.307 e. The Labute approximate surface area is 71.3 Å². The standard InChI is InChI=1S/C8H13NO3/c1-2-3-6(10)9-7-4-5-8(11)12-7/h7H,2-5H2,1H3,(H,9,10)/t7-/m1/s1. The summed E-state index contributed by atoms with van der Waals surface area (Å²) in [5.41, 5.74) is 0. The molecular formula is C8H13NO3. The van der Waals surface area contributed by atoms with E-state index in [0.29, 0.717) is 19.3 Å². The van der Waals surface area contributed by atoms with Gasteiger partial charge in [-0.15, -0.1) is 0 Å². The van der Waals surface area contributed by atoms with E-state index in [-0.39, 0.29) is 18.1 Å². The summed E-state index contributed by atoms with van der Waals surface area (Å²) in [5.74, 6) is -0.269. The Bertz CT molecular complexity index is 191. The van der Waals surface area contributed by atoms with Gasteiger partial charge in [0.25, 0.3) is 0 Å². The molecule has 1 heterocycles. The zero-order chi connectivity index (χ0) is 8.97. The number of hydrogen-bond donors (Lipinski definition) is 1. The van der Waals surface area contributed by atoms with Gasteiger partial charge in [-0.05, 0) is 6.42 Å². The fourth-order valence-corrected chi connectivity index (χ4v) is 1.11. The average molecular weight is 171 g/mol. The molecule has 1 N–H and O–H groups in total. The van der Waals surface area contributed by atoms with Crippen LogP contribution in [-0.4, -0.2) is 18.1 Å². The van der Waals surface area contributed by atoms with E-state index in [9.17, 15) is 9.59 Å². The zero-order valence-corrected chi connectivity index (χ0v) is 7.13. The Morgan fingerprint density at radius 1 is 1.75 bits per heavy atom. The summed E-state index contributed by atoms with van der Waals surface area (Å²) in [4.78, 5) is 21.6. The van der Waals surface area contributed by atoms with Crippen LogP contribution in [0.5, 0.6) is 0 Å². The molecular weight excluding hydrogens is 158 g/mol. The SMILES string of the molecule is CCCC(=O)N[C@H]1CCC(=O)O1. The Balaban J connectivity index is 2.23. The molecule has 68 valence electrons. The van der Waals surface area contributed by atoms with Gasteiger partial charge in [-0.2, -0.15) is 0 Å². The van der Waals surface area contributed by atoms with Crippen molar-refractivity contribution in [3.8, 4) is 0 Å². The second kappa shape index (κ2) is 4.09. The highest BCUT2D eigenvalue weighted by atomic mass is 16.6. The van der Waals surface area contributed by atoms with Crippen LogP contribution >= 0.6 is 0 Å². The molecule has 1 atom stereocenters. The van der Waals surface area contributed by atoms with Gasteiger partial charge in [-0.1, -0.05) is 6.92 Å². The Morgan fingerprint density at radius 2 is 2.50 bits per heavy atom. The molecule has 0 bridgehead atoms. The summed E-state index contributed by atoms with van der Waals surface area (Å²) < 4.78 is 4.81.